The second-order valence-electron chi connectivity index (χ2n) is 5.90. The first-order valence-electron chi connectivity index (χ1n) is 8.80. The van der Waals surface area contributed by atoms with Crippen LogP contribution in [-0.4, -0.2) is 49.6 Å². The van der Waals surface area contributed by atoms with E-state index in [2.05, 4.69) is 49.8 Å². The van der Waals surface area contributed by atoms with Crippen LogP contribution in [0.4, 0.5) is 0 Å². The monoisotopic (exact) mass is 282 g/mol. The van der Waals surface area contributed by atoms with Gasteiger partial charge >= 0.3 is 0 Å². The van der Waals surface area contributed by atoms with Crippen LogP contribution in [0.3, 0.4) is 0 Å². The van der Waals surface area contributed by atoms with E-state index in [0.29, 0.717) is 0 Å². The van der Waals surface area contributed by atoms with E-state index in [1.54, 1.807) is 0 Å². The fourth-order valence-corrected chi connectivity index (χ4v) is 2.32. The highest BCUT2D eigenvalue weighted by molar-refractivity contribution is 4.83. The van der Waals surface area contributed by atoms with Crippen molar-refractivity contribution in [3.63, 3.8) is 0 Å². The third kappa shape index (κ3) is 12.7. The molecule has 0 rings (SSSR count). The summed E-state index contributed by atoms with van der Waals surface area (Å²) < 4.78 is 0. The van der Waals surface area contributed by atoms with Gasteiger partial charge in [-0.15, -0.1) is 0 Å². The van der Waals surface area contributed by atoms with Gasteiger partial charge in [-0.3, -0.25) is 4.90 Å². The molecule has 0 aromatic carbocycles. The van der Waals surface area contributed by atoms with Gasteiger partial charge in [-0.05, 0) is 65.3 Å². The molecular weight excluding hydrogens is 244 g/mol. The molecule has 0 bridgehead atoms. The van der Waals surface area contributed by atoms with Gasteiger partial charge in [0, 0.05) is 6.54 Å². The molecule has 0 unspecified atom stereocenters. The Morgan fingerprint density at radius 3 is 1.90 bits per heavy atom. The van der Waals surface area contributed by atoms with Crippen molar-refractivity contribution in [2.24, 2.45) is 0 Å². The van der Waals surface area contributed by atoms with Crippen LogP contribution in [0.5, 0.6) is 0 Å². The van der Waals surface area contributed by atoms with Crippen LogP contribution in [0.1, 0.15) is 65.7 Å². The molecule has 120 valence electrons. The minimum absolute atomic E-state index is 1.14. The van der Waals surface area contributed by atoms with Crippen LogP contribution in [0.2, 0.25) is 0 Å². The van der Waals surface area contributed by atoms with Crippen molar-refractivity contribution in [2.75, 3.05) is 39.8 Å². The van der Waals surface area contributed by atoms with E-state index in [4.69, 9.17) is 0 Å². The summed E-state index contributed by atoms with van der Waals surface area (Å²) in [6.07, 6.45) is 13.7. The number of hydrogen-bond acceptors (Lipinski definition) is 2. The van der Waals surface area contributed by atoms with Crippen molar-refractivity contribution in [3.05, 3.63) is 12.2 Å². The molecule has 0 atom stereocenters. The molecule has 2 heteroatoms. The molecule has 0 aromatic rings. The van der Waals surface area contributed by atoms with E-state index in [1.165, 1.54) is 64.7 Å². The molecule has 0 heterocycles. The molecule has 0 saturated carbocycles. The van der Waals surface area contributed by atoms with Gasteiger partial charge in [-0.2, -0.15) is 0 Å². The molecule has 0 radical (unpaired) electrons. The molecule has 0 aliphatic carbocycles. The Kier molecular flexibility index (Phi) is 14.8. The van der Waals surface area contributed by atoms with Crippen molar-refractivity contribution < 1.29 is 0 Å². The summed E-state index contributed by atoms with van der Waals surface area (Å²) in [4.78, 5) is 5.10. The van der Waals surface area contributed by atoms with Gasteiger partial charge in [0.05, 0.1) is 0 Å². The van der Waals surface area contributed by atoms with Gasteiger partial charge in [0.15, 0.2) is 0 Å². The second-order valence-corrected chi connectivity index (χ2v) is 5.90. The van der Waals surface area contributed by atoms with Crippen molar-refractivity contribution in [3.8, 4) is 0 Å². The predicted molar refractivity (Wildman–Crippen MR) is 92.4 cm³/mol. The molecular formula is C18H38N2. The first-order valence-corrected chi connectivity index (χ1v) is 8.80. The maximum absolute atomic E-state index is 2.61. The molecule has 0 aromatic heterocycles. The Labute approximate surface area is 128 Å². The third-order valence-electron chi connectivity index (χ3n) is 3.75. The zero-order valence-electron chi connectivity index (χ0n) is 14.5. The average molecular weight is 283 g/mol. The molecule has 2 nitrogen and oxygen atoms in total. The summed E-state index contributed by atoms with van der Waals surface area (Å²) in [5, 5.41) is 0. The van der Waals surface area contributed by atoms with Crippen LogP contribution in [0.25, 0.3) is 0 Å². The van der Waals surface area contributed by atoms with Gasteiger partial charge in [0.1, 0.15) is 0 Å². The Morgan fingerprint density at radius 1 is 0.700 bits per heavy atom. The Hall–Kier alpha value is -0.340. The number of allylic oxidation sites excluding steroid dienone is 1. The van der Waals surface area contributed by atoms with Crippen LogP contribution in [-0.2, 0) is 0 Å². The first-order chi connectivity index (χ1) is 9.74. The molecule has 0 spiro atoms. The zero-order chi connectivity index (χ0) is 15.1. The maximum atomic E-state index is 2.61. The standard InChI is InChI=1S/C18H38N2/c1-5-8-11-17-20(16-10-7-3)18-13-12-15-19(4)14-9-6-2/h8,11H,5-7,9-10,12-18H2,1-4H3/b11-8-. The molecule has 0 saturated heterocycles. The SMILES string of the molecule is CC/C=C\CN(CCCC)CCCCN(C)CCCC. The Morgan fingerprint density at radius 2 is 1.25 bits per heavy atom. The second kappa shape index (κ2) is 15.1. The summed E-state index contributed by atoms with van der Waals surface area (Å²) in [5.41, 5.74) is 0. The zero-order valence-corrected chi connectivity index (χ0v) is 14.5. The molecule has 20 heavy (non-hydrogen) atoms. The summed E-state index contributed by atoms with van der Waals surface area (Å²) >= 11 is 0. The minimum Gasteiger partial charge on any atom is -0.306 e. The highest BCUT2D eigenvalue weighted by atomic mass is 15.1. The van der Waals surface area contributed by atoms with E-state index in [1.807, 2.05) is 0 Å². The molecule has 0 N–H and O–H groups in total. The Bertz CT molecular complexity index is 213. The van der Waals surface area contributed by atoms with Gasteiger partial charge in [-0.25, -0.2) is 0 Å². The molecule has 0 aliphatic rings. The van der Waals surface area contributed by atoms with Gasteiger partial charge in [0.2, 0.25) is 0 Å². The largest absolute Gasteiger partial charge is 0.306 e. The van der Waals surface area contributed by atoms with E-state index in [9.17, 15) is 0 Å². The normalized spacial score (nSPS) is 12.1. The number of nitrogens with zero attached hydrogens (tertiary/aromatic N) is 2. The van der Waals surface area contributed by atoms with E-state index < -0.39 is 0 Å². The fraction of sp³-hybridized carbons (Fsp3) is 0.889. The Balaban J connectivity index is 3.73. The topological polar surface area (TPSA) is 6.48 Å². The van der Waals surface area contributed by atoms with Crippen molar-refractivity contribution >= 4 is 0 Å². The van der Waals surface area contributed by atoms with Crippen molar-refractivity contribution in [1.29, 1.82) is 0 Å². The molecule has 0 aliphatic heterocycles. The van der Waals surface area contributed by atoms with E-state index >= 15 is 0 Å². The highest BCUT2D eigenvalue weighted by Gasteiger charge is 2.03. The average Bonchev–Trinajstić information content (AvgIpc) is 2.46. The van der Waals surface area contributed by atoms with Gasteiger partial charge in [0.25, 0.3) is 0 Å². The number of unbranched alkanes of at least 4 members (excludes halogenated alkanes) is 3. The van der Waals surface area contributed by atoms with E-state index in [0.717, 1.165) is 13.0 Å². The highest BCUT2D eigenvalue weighted by Crippen LogP contribution is 2.02. The van der Waals surface area contributed by atoms with Crippen LogP contribution in [0, 0.1) is 0 Å². The first kappa shape index (κ1) is 19.7. The van der Waals surface area contributed by atoms with E-state index in [-0.39, 0.29) is 0 Å². The van der Waals surface area contributed by atoms with Crippen LogP contribution < -0.4 is 0 Å². The minimum atomic E-state index is 1.14. The third-order valence-corrected chi connectivity index (χ3v) is 3.75. The lowest BCUT2D eigenvalue weighted by Crippen LogP contribution is -2.27. The lowest BCUT2D eigenvalue weighted by atomic mass is 10.2. The lowest BCUT2D eigenvalue weighted by molar-refractivity contribution is 0.271. The smallest absolute Gasteiger partial charge is 0.0163 e. The summed E-state index contributed by atoms with van der Waals surface area (Å²) in [5.74, 6) is 0. The number of rotatable bonds is 14. The van der Waals surface area contributed by atoms with Crippen molar-refractivity contribution in [1.82, 2.24) is 9.80 Å². The van der Waals surface area contributed by atoms with Crippen molar-refractivity contribution in [2.45, 2.75) is 65.7 Å². The van der Waals surface area contributed by atoms with Crippen LogP contribution in [0.15, 0.2) is 12.2 Å². The van der Waals surface area contributed by atoms with Crippen LogP contribution >= 0.6 is 0 Å². The summed E-state index contributed by atoms with van der Waals surface area (Å²) in [7, 11) is 2.26. The summed E-state index contributed by atoms with van der Waals surface area (Å²) in [6, 6.07) is 0. The summed E-state index contributed by atoms with van der Waals surface area (Å²) in [6.45, 7) is 12.9. The quantitative estimate of drug-likeness (QED) is 0.340. The van der Waals surface area contributed by atoms with Gasteiger partial charge in [-0.1, -0.05) is 45.8 Å². The lowest BCUT2D eigenvalue weighted by Gasteiger charge is -2.21. The molecule has 0 fully saturated rings. The predicted octanol–water partition coefficient (Wildman–Crippen LogP) is 4.57. The molecule has 0 amide bonds. The fourth-order valence-electron chi connectivity index (χ4n) is 2.32. The van der Waals surface area contributed by atoms with Gasteiger partial charge < -0.3 is 4.90 Å². The maximum Gasteiger partial charge on any atom is 0.0163 e. The number of hydrogen-bond donors (Lipinski definition) is 0.